The molecule has 28 heavy (non-hydrogen) atoms. The average Bonchev–Trinajstić information content (AvgIpc) is 3.41. The van der Waals surface area contributed by atoms with Crippen LogP contribution in [0.1, 0.15) is 59.3 Å². The highest BCUT2D eigenvalue weighted by molar-refractivity contribution is 6.33. The molecule has 6 nitrogen and oxygen atoms in total. The van der Waals surface area contributed by atoms with Crippen LogP contribution in [-0.2, 0) is 18.4 Å². The Balaban J connectivity index is 1.53. The number of hydrogen-bond donors (Lipinski definition) is 2. The number of fused-ring (bicyclic) bond motifs is 3. The Labute approximate surface area is 168 Å². The molecule has 2 heterocycles. The van der Waals surface area contributed by atoms with Crippen LogP contribution < -0.4 is 11.1 Å². The number of benzene rings is 1. The van der Waals surface area contributed by atoms with Crippen molar-refractivity contribution in [3.05, 3.63) is 57.9 Å². The predicted molar refractivity (Wildman–Crippen MR) is 109 cm³/mol. The van der Waals surface area contributed by atoms with Crippen molar-refractivity contribution in [2.24, 2.45) is 5.73 Å². The number of hydrogen-bond acceptors (Lipinski definition) is 4. The second-order valence-electron chi connectivity index (χ2n) is 7.92. The van der Waals surface area contributed by atoms with E-state index in [1.807, 2.05) is 16.6 Å². The standard InChI is InChI=1S/C21H22ClN5O/c22-16-12-25-27-19(24-11-13-3-5-14(6-4-13)18(23)28)15-7-10-21(8-1-2-9-21)17(15)26-20(16)27/h3-6,12,24H,1-2,7-11H2,(H2,23,28). The number of carbonyl (C=O) groups is 1. The van der Waals surface area contributed by atoms with Gasteiger partial charge in [0.15, 0.2) is 5.65 Å². The molecule has 1 fully saturated rings. The Kier molecular flexibility index (Phi) is 4.05. The summed E-state index contributed by atoms with van der Waals surface area (Å²) in [5.74, 6) is 0.566. The number of amides is 1. The number of aromatic nitrogens is 3. The Hall–Kier alpha value is -2.60. The molecule has 2 aliphatic carbocycles. The van der Waals surface area contributed by atoms with Gasteiger partial charge in [-0.25, -0.2) is 4.98 Å². The van der Waals surface area contributed by atoms with Crippen LogP contribution >= 0.6 is 11.6 Å². The van der Waals surface area contributed by atoms with Crippen molar-refractivity contribution in [1.29, 1.82) is 0 Å². The number of nitrogens with one attached hydrogen (secondary N) is 1. The van der Waals surface area contributed by atoms with Crippen LogP contribution in [0.3, 0.4) is 0 Å². The quantitative estimate of drug-likeness (QED) is 0.702. The van der Waals surface area contributed by atoms with Gasteiger partial charge >= 0.3 is 0 Å². The van der Waals surface area contributed by atoms with E-state index in [1.54, 1.807) is 18.3 Å². The Morgan fingerprint density at radius 3 is 2.68 bits per heavy atom. The molecule has 1 aromatic carbocycles. The summed E-state index contributed by atoms with van der Waals surface area (Å²) in [6.07, 6.45) is 8.79. The van der Waals surface area contributed by atoms with Gasteiger partial charge in [-0.15, -0.1) is 0 Å². The van der Waals surface area contributed by atoms with Gasteiger partial charge in [0.05, 0.1) is 11.9 Å². The summed E-state index contributed by atoms with van der Waals surface area (Å²) in [6.45, 7) is 0.620. The first kappa shape index (κ1) is 17.5. The van der Waals surface area contributed by atoms with Gasteiger partial charge in [-0.1, -0.05) is 36.6 Å². The van der Waals surface area contributed by atoms with Gasteiger partial charge in [-0.05, 0) is 43.4 Å². The minimum Gasteiger partial charge on any atom is -0.366 e. The molecule has 2 aromatic heterocycles. The molecule has 7 heteroatoms. The van der Waals surface area contributed by atoms with E-state index in [9.17, 15) is 4.79 Å². The normalized spacial score (nSPS) is 17.3. The minimum absolute atomic E-state index is 0.213. The summed E-state index contributed by atoms with van der Waals surface area (Å²) in [6, 6.07) is 7.34. The molecule has 0 aliphatic heterocycles. The maximum absolute atomic E-state index is 11.3. The highest BCUT2D eigenvalue weighted by Crippen LogP contribution is 2.51. The van der Waals surface area contributed by atoms with Crippen molar-refractivity contribution in [2.45, 2.75) is 50.5 Å². The molecule has 1 saturated carbocycles. The predicted octanol–water partition coefficient (Wildman–Crippen LogP) is 3.85. The molecule has 2 aliphatic rings. The van der Waals surface area contributed by atoms with Crippen molar-refractivity contribution in [3.8, 4) is 0 Å². The average molecular weight is 396 g/mol. The van der Waals surface area contributed by atoms with E-state index in [2.05, 4.69) is 10.4 Å². The highest BCUT2D eigenvalue weighted by Gasteiger charge is 2.44. The molecular weight excluding hydrogens is 374 g/mol. The summed E-state index contributed by atoms with van der Waals surface area (Å²) in [5, 5.41) is 8.60. The topological polar surface area (TPSA) is 85.3 Å². The van der Waals surface area contributed by atoms with Crippen LogP contribution in [0.15, 0.2) is 30.5 Å². The van der Waals surface area contributed by atoms with E-state index in [0.29, 0.717) is 17.1 Å². The van der Waals surface area contributed by atoms with Crippen LogP contribution in [0.2, 0.25) is 5.02 Å². The smallest absolute Gasteiger partial charge is 0.248 e. The highest BCUT2D eigenvalue weighted by atomic mass is 35.5. The van der Waals surface area contributed by atoms with Crippen molar-refractivity contribution >= 4 is 29.0 Å². The summed E-state index contributed by atoms with van der Waals surface area (Å²) in [5.41, 5.74) is 10.3. The van der Waals surface area contributed by atoms with Crippen molar-refractivity contribution < 1.29 is 4.79 Å². The molecule has 0 unspecified atom stereocenters. The number of nitrogens with zero attached hydrogens (tertiary/aromatic N) is 3. The Morgan fingerprint density at radius 1 is 1.21 bits per heavy atom. The van der Waals surface area contributed by atoms with Crippen LogP contribution in [-0.4, -0.2) is 20.5 Å². The summed E-state index contributed by atoms with van der Waals surface area (Å²) in [4.78, 5) is 16.2. The number of rotatable bonds is 4. The second kappa shape index (κ2) is 6.48. The molecule has 1 amide bonds. The van der Waals surface area contributed by atoms with Crippen LogP contribution in [0, 0.1) is 0 Å². The van der Waals surface area contributed by atoms with Crippen molar-refractivity contribution in [3.63, 3.8) is 0 Å². The minimum atomic E-state index is -0.416. The SMILES string of the molecule is NC(=O)c1ccc(CNc2c3c(nc4c(Cl)cnn24)C2(CCCC2)CC3)cc1. The number of halogens is 1. The zero-order chi connectivity index (χ0) is 19.3. The van der Waals surface area contributed by atoms with Crippen molar-refractivity contribution in [1.82, 2.24) is 14.6 Å². The third-order valence-electron chi connectivity index (χ3n) is 6.32. The third kappa shape index (κ3) is 2.66. The lowest BCUT2D eigenvalue weighted by atomic mass is 9.83. The first-order valence-electron chi connectivity index (χ1n) is 9.77. The van der Waals surface area contributed by atoms with E-state index >= 15 is 0 Å². The lowest BCUT2D eigenvalue weighted by molar-refractivity contribution is 0.100. The largest absolute Gasteiger partial charge is 0.366 e. The fourth-order valence-corrected chi connectivity index (χ4v) is 5.02. The molecule has 5 rings (SSSR count). The summed E-state index contributed by atoms with van der Waals surface area (Å²) < 4.78 is 1.83. The molecule has 0 saturated heterocycles. The monoisotopic (exact) mass is 395 g/mol. The van der Waals surface area contributed by atoms with Gasteiger partial charge < -0.3 is 11.1 Å². The Morgan fingerprint density at radius 2 is 1.96 bits per heavy atom. The Bertz CT molecular complexity index is 1070. The van der Waals surface area contributed by atoms with E-state index in [4.69, 9.17) is 22.3 Å². The summed E-state index contributed by atoms with van der Waals surface area (Å²) >= 11 is 6.39. The van der Waals surface area contributed by atoms with Crippen LogP contribution in [0.25, 0.3) is 5.65 Å². The zero-order valence-electron chi connectivity index (χ0n) is 15.5. The molecule has 3 aromatic rings. The van der Waals surface area contributed by atoms with Crippen molar-refractivity contribution in [2.75, 3.05) is 5.32 Å². The lowest BCUT2D eigenvalue weighted by Crippen LogP contribution is -2.20. The number of carbonyl (C=O) groups excluding carboxylic acids is 1. The fraction of sp³-hybridized carbons (Fsp3) is 0.381. The third-order valence-corrected chi connectivity index (χ3v) is 6.58. The number of primary amides is 1. The molecule has 144 valence electrons. The molecular formula is C21H22ClN5O. The van der Waals surface area contributed by atoms with Gasteiger partial charge in [0.1, 0.15) is 10.8 Å². The number of anilines is 1. The molecule has 0 atom stereocenters. The summed E-state index contributed by atoms with van der Waals surface area (Å²) in [7, 11) is 0. The van der Waals surface area contributed by atoms with Gasteiger partial charge in [0, 0.05) is 23.1 Å². The molecule has 3 N–H and O–H groups in total. The van der Waals surface area contributed by atoms with Gasteiger partial charge in [-0.2, -0.15) is 9.61 Å². The van der Waals surface area contributed by atoms with E-state index in [1.165, 1.54) is 36.9 Å². The van der Waals surface area contributed by atoms with E-state index in [0.717, 1.165) is 29.9 Å². The maximum atomic E-state index is 11.3. The molecule has 1 spiro atoms. The lowest BCUT2D eigenvalue weighted by Gasteiger charge is -2.23. The van der Waals surface area contributed by atoms with Gasteiger partial charge in [-0.3, -0.25) is 4.79 Å². The van der Waals surface area contributed by atoms with Gasteiger partial charge in [0.25, 0.3) is 0 Å². The zero-order valence-corrected chi connectivity index (χ0v) is 16.3. The first-order valence-corrected chi connectivity index (χ1v) is 10.1. The van der Waals surface area contributed by atoms with E-state index < -0.39 is 5.91 Å². The number of nitrogens with two attached hydrogens (primary N) is 1. The fourth-order valence-electron chi connectivity index (χ4n) is 4.85. The van der Waals surface area contributed by atoms with Crippen LogP contribution in [0.5, 0.6) is 0 Å². The van der Waals surface area contributed by atoms with Crippen LogP contribution in [0.4, 0.5) is 5.82 Å². The molecule has 0 bridgehead atoms. The molecule has 0 radical (unpaired) electrons. The van der Waals surface area contributed by atoms with Gasteiger partial charge in [0.2, 0.25) is 5.91 Å². The first-order chi connectivity index (χ1) is 13.6. The maximum Gasteiger partial charge on any atom is 0.248 e. The second-order valence-corrected chi connectivity index (χ2v) is 8.32. The van der Waals surface area contributed by atoms with E-state index in [-0.39, 0.29) is 5.41 Å².